The molecule has 1 unspecified atom stereocenters. The molecule has 11 rings (SSSR count). The fourth-order valence-electron chi connectivity index (χ4n) is 11.8. The predicted molar refractivity (Wildman–Crippen MR) is 231 cm³/mol. The van der Waals surface area contributed by atoms with E-state index in [9.17, 15) is 0 Å². The Labute approximate surface area is 324 Å². The maximum absolute atomic E-state index is 2.61. The van der Waals surface area contributed by atoms with E-state index in [-0.39, 0.29) is 5.41 Å². The van der Waals surface area contributed by atoms with E-state index >= 15 is 0 Å². The molecule has 1 heterocycles. The summed E-state index contributed by atoms with van der Waals surface area (Å²) in [4.78, 5) is 2.52. The average Bonchev–Trinajstić information content (AvgIpc) is 3.72. The van der Waals surface area contributed by atoms with E-state index in [0.29, 0.717) is 11.8 Å². The minimum Gasteiger partial charge on any atom is -0.310 e. The number of benzene rings is 7. The van der Waals surface area contributed by atoms with Crippen molar-refractivity contribution >= 4 is 38.9 Å². The molecule has 0 saturated heterocycles. The molecule has 7 aromatic carbocycles. The normalized spacial score (nSPS) is 22.5. The second-order valence-electron chi connectivity index (χ2n) is 16.8. The van der Waals surface area contributed by atoms with Crippen molar-refractivity contribution in [2.24, 2.45) is 23.7 Å². The highest BCUT2D eigenvalue weighted by atomic mass is 15.1. The standard InChI is InChI=1S/C53H46N2/c1-35-30-37-32-36(2)53(39(31-35)33-37)48-20-10-6-17-44(48)45-29-28-42(34-49(45)53)54(50-21-11-7-16-43(50)38-14-4-3-5-15-38)40-24-26-41(27-25-40)55-51-22-12-8-18-46(51)47-19-9-13-23-52(47)55/h3-29,34-37,39H,30-33H2,1-2H3/t35-,36+,37-,39-,53?/m0/s1. The number of hydrogen-bond donors (Lipinski definition) is 0. The average molecular weight is 711 g/mol. The van der Waals surface area contributed by atoms with E-state index < -0.39 is 0 Å². The second kappa shape index (κ2) is 12.6. The zero-order valence-corrected chi connectivity index (χ0v) is 31.7. The number of rotatable bonds is 5. The number of para-hydroxylation sites is 3. The van der Waals surface area contributed by atoms with Crippen LogP contribution in [0.5, 0.6) is 0 Å². The Bertz CT molecular complexity index is 2660. The van der Waals surface area contributed by atoms with Gasteiger partial charge in [0.25, 0.3) is 0 Å². The number of anilines is 3. The van der Waals surface area contributed by atoms with Gasteiger partial charge < -0.3 is 9.47 Å². The molecule has 0 amide bonds. The molecule has 2 saturated carbocycles. The molecule has 268 valence electrons. The van der Waals surface area contributed by atoms with Gasteiger partial charge >= 0.3 is 0 Å². The van der Waals surface area contributed by atoms with Gasteiger partial charge in [-0.25, -0.2) is 0 Å². The van der Waals surface area contributed by atoms with E-state index in [4.69, 9.17) is 0 Å². The summed E-state index contributed by atoms with van der Waals surface area (Å²) in [5.41, 5.74) is 15.6. The lowest BCUT2D eigenvalue weighted by molar-refractivity contribution is 0.0426. The van der Waals surface area contributed by atoms with E-state index in [1.54, 1.807) is 11.1 Å². The Kier molecular flexibility index (Phi) is 7.46. The summed E-state index contributed by atoms with van der Waals surface area (Å²) in [7, 11) is 0. The summed E-state index contributed by atoms with van der Waals surface area (Å²) in [5.74, 6) is 2.85. The monoisotopic (exact) mass is 710 g/mol. The molecule has 2 heteroatoms. The van der Waals surface area contributed by atoms with Gasteiger partial charge in [0.1, 0.15) is 0 Å². The fraction of sp³-hybridized carbons (Fsp3) is 0.208. The largest absolute Gasteiger partial charge is 0.310 e. The summed E-state index contributed by atoms with van der Waals surface area (Å²) in [5, 5.41) is 2.56. The highest BCUT2D eigenvalue weighted by molar-refractivity contribution is 6.09. The third-order valence-electron chi connectivity index (χ3n) is 13.7. The lowest BCUT2D eigenvalue weighted by Gasteiger charge is -2.54. The van der Waals surface area contributed by atoms with E-state index in [1.165, 1.54) is 81.1 Å². The number of fused-ring (bicyclic) bond motifs is 11. The zero-order valence-electron chi connectivity index (χ0n) is 31.7. The van der Waals surface area contributed by atoms with Crippen molar-refractivity contribution in [3.05, 3.63) is 181 Å². The highest BCUT2D eigenvalue weighted by Gasteiger charge is 2.56. The third-order valence-corrected chi connectivity index (χ3v) is 13.7. The molecule has 5 atom stereocenters. The Balaban J connectivity index is 1.12. The van der Waals surface area contributed by atoms with Crippen LogP contribution in [0.25, 0.3) is 49.7 Å². The first-order valence-electron chi connectivity index (χ1n) is 20.4. The van der Waals surface area contributed by atoms with Gasteiger partial charge in [0, 0.05) is 38.8 Å². The smallest absolute Gasteiger partial charge is 0.0541 e. The van der Waals surface area contributed by atoms with E-state index in [0.717, 1.165) is 23.2 Å². The van der Waals surface area contributed by atoms with Crippen molar-refractivity contribution in [3.63, 3.8) is 0 Å². The number of nitrogens with zero attached hydrogens (tertiary/aromatic N) is 2. The van der Waals surface area contributed by atoms with Gasteiger partial charge in [-0.2, -0.15) is 0 Å². The fourth-order valence-corrected chi connectivity index (χ4v) is 11.8. The van der Waals surface area contributed by atoms with Crippen LogP contribution in [0.2, 0.25) is 0 Å². The van der Waals surface area contributed by atoms with Gasteiger partial charge in [0.2, 0.25) is 0 Å². The molecular formula is C53H46N2. The zero-order chi connectivity index (χ0) is 36.7. The Hall–Kier alpha value is -5.86. The summed E-state index contributed by atoms with van der Waals surface area (Å²) < 4.78 is 2.41. The van der Waals surface area contributed by atoms with Crippen molar-refractivity contribution < 1.29 is 0 Å². The minimum absolute atomic E-state index is 0.0259. The SMILES string of the molecule is C[C@H]1C[C@@H]2C[C@H](C1)C1(c3ccccc3-c3ccc(N(c4ccc(-n5c6ccccc6c6ccccc65)cc4)c4ccccc4-c4ccccc4)cc31)[C@H](C)C2. The Morgan fingerprint density at radius 2 is 1.13 bits per heavy atom. The van der Waals surface area contributed by atoms with Crippen LogP contribution in [0.3, 0.4) is 0 Å². The second-order valence-corrected chi connectivity index (χ2v) is 16.8. The van der Waals surface area contributed by atoms with Gasteiger partial charge in [-0.05, 0) is 132 Å². The molecule has 1 aromatic heterocycles. The molecule has 0 N–H and O–H groups in total. The molecule has 3 aliphatic rings. The summed E-state index contributed by atoms with van der Waals surface area (Å²) >= 11 is 0. The number of hydrogen-bond acceptors (Lipinski definition) is 1. The van der Waals surface area contributed by atoms with Gasteiger partial charge in [-0.3, -0.25) is 0 Å². The molecule has 0 radical (unpaired) electrons. The topological polar surface area (TPSA) is 8.17 Å². The first-order valence-corrected chi connectivity index (χ1v) is 20.4. The first-order chi connectivity index (χ1) is 27.1. The van der Waals surface area contributed by atoms with Crippen LogP contribution in [0, 0.1) is 23.7 Å². The molecule has 3 aliphatic carbocycles. The van der Waals surface area contributed by atoms with Crippen LogP contribution in [0.4, 0.5) is 17.1 Å². The molecule has 2 nitrogen and oxygen atoms in total. The van der Waals surface area contributed by atoms with Gasteiger partial charge in [-0.15, -0.1) is 0 Å². The summed E-state index contributed by atoms with van der Waals surface area (Å²) in [6.45, 7) is 5.08. The summed E-state index contributed by atoms with van der Waals surface area (Å²) in [6, 6.07) is 63.5. The molecule has 8 aromatic rings. The van der Waals surface area contributed by atoms with Gasteiger partial charge in [-0.1, -0.05) is 129 Å². The maximum Gasteiger partial charge on any atom is 0.0541 e. The van der Waals surface area contributed by atoms with Crippen LogP contribution in [-0.2, 0) is 5.41 Å². The molecule has 2 bridgehead atoms. The molecule has 55 heavy (non-hydrogen) atoms. The van der Waals surface area contributed by atoms with E-state index in [2.05, 4.69) is 193 Å². The van der Waals surface area contributed by atoms with Gasteiger partial charge in [0.05, 0.1) is 16.7 Å². The maximum atomic E-state index is 2.61. The van der Waals surface area contributed by atoms with Crippen LogP contribution < -0.4 is 4.90 Å². The van der Waals surface area contributed by atoms with Crippen molar-refractivity contribution in [2.75, 3.05) is 4.90 Å². The van der Waals surface area contributed by atoms with Crippen LogP contribution in [0.15, 0.2) is 170 Å². The molecular weight excluding hydrogens is 665 g/mol. The Morgan fingerprint density at radius 1 is 0.509 bits per heavy atom. The quantitative estimate of drug-likeness (QED) is 0.173. The van der Waals surface area contributed by atoms with Crippen molar-refractivity contribution in [1.82, 2.24) is 4.57 Å². The summed E-state index contributed by atoms with van der Waals surface area (Å²) in [6.07, 6.45) is 5.35. The van der Waals surface area contributed by atoms with Crippen LogP contribution >= 0.6 is 0 Å². The van der Waals surface area contributed by atoms with Crippen molar-refractivity contribution in [2.45, 2.75) is 44.9 Å². The third kappa shape index (κ3) is 4.87. The van der Waals surface area contributed by atoms with Crippen molar-refractivity contribution in [1.29, 1.82) is 0 Å². The minimum atomic E-state index is 0.0259. The lowest BCUT2D eigenvalue weighted by atomic mass is 9.49. The molecule has 1 spiro atoms. The molecule has 0 aliphatic heterocycles. The lowest BCUT2D eigenvalue weighted by Crippen LogP contribution is -2.49. The van der Waals surface area contributed by atoms with Gasteiger partial charge in [0.15, 0.2) is 0 Å². The molecule has 2 fully saturated rings. The highest BCUT2D eigenvalue weighted by Crippen LogP contribution is 2.65. The van der Waals surface area contributed by atoms with Crippen LogP contribution in [-0.4, -0.2) is 4.57 Å². The number of aromatic nitrogens is 1. The van der Waals surface area contributed by atoms with Crippen LogP contribution in [0.1, 0.15) is 50.7 Å². The Morgan fingerprint density at radius 3 is 1.89 bits per heavy atom. The first kappa shape index (κ1) is 32.6. The van der Waals surface area contributed by atoms with Crippen molar-refractivity contribution in [3.8, 4) is 27.9 Å². The predicted octanol–water partition coefficient (Wildman–Crippen LogP) is 14.3. The van der Waals surface area contributed by atoms with E-state index in [1.807, 2.05) is 0 Å².